The van der Waals surface area contributed by atoms with Gasteiger partial charge in [0.05, 0.1) is 16.5 Å². The van der Waals surface area contributed by atoms with Gasteiger partial charge in [0, 0.05) is 19.1 Å². The molecule has 136 valence electrons. The van der Waals surface area contributed by atoms with Crippen molar-refractivity contribution in [2.24, 2.45) is 0 Å². The number of alkyl carbamates (subject to hydrolysis) is 1. The van der Waals surface area contributed by atoms with Crippen molar-refractivity contribution in [2.75, 3.05) is 13.1 Å². The summed E-state index contributed by atoms with van der Waals surface area (Å²) >= 11 is 0. The lowest BCUT2D eigenvalue weighted by Crippen LogP contribution is -2.50. The zero-order valence-corrected chi connectivity index (χ0v) is 15.5. The van der Waals surface area contributed by atoms with Crippen LogP contribution in [0.4, 0.5) is 4.79 Å². The highest BCUT2D eigenvalue weighted by molar-refractivity contribution is 7.89. The first-order chi connectivity index (χ1) is 11.6. The number of amides is 1. The van der Waals surface area contributed by atoms with E-state index in [1.54, 1.807) is 32.9 Å². The van der Waals surface area contributed by atoms with E-state index in [-0.39, 0.29) is 17.5 Å². The van der Waals surface area contributed by atoms with E-state index < -0.39 is 21.7 Å². The molecule has 0 aromatic heterocycles. The first-order valence-corrected chi connectivity index (χ1v) is 9.56. The van der Waals surface area contributed by atoms with E-state index >= 15 is 0 Å². The van der Waals surface area contributed by atoms with Gasteiger partial charge in [-0.3, -0.25) is 0 Å². The van der Waals surface area contributed by atoms with E-state index in [1.165, 1.54) is 16.4 Å². The van der Waals surface area contributed by atoms with Gasteiger partial charge < -0.3 is 10.1 Å². The highest BCUT2D eigenvalue weighted by Crippen LogP contribution is 2.21. The van der Waals surface area contributed by atoms with Crippen molar-refractivity contribution in [3.05, 3.63) is 29.8 Å². The average Bonchev–Trinajstić information content (AvgIpc) is 2.53. The molecule has 25 heavy (non-hydrogen) atoms. The van der Waals surface area contributed by atoms with E-state index in [1.807, 2.05) is 6.07 Å². The Bertz CT molecular complexity index is 778. The molecule has 2 rings (SSSR count). The molecule has 1 N–H and O–H groups in total. The second-order valence-electron chi connectivity index (χ2n) is 6.99. The highest BCUT2D eigenvalue weighted by atomic mass is 32.2. The zero-order chi connectivity index (χ0) is 18.7. The number of carbonyl (C=O) groups excluding carboxylic acids is 1. The number of nitrogens with zero attached hydrogens (tertiary/aromatic N) is 2. The molecule has 0 unspecified atom stereocenters. The van der Waals surface area contributed by atoms with Crippen molar-refractivity contribution in [1.29, 1.82) is 5.26 Å². The van der Waals surface area contributed by atoms with Gasteiger partial charge in [-0.2, -0.15) is 9.57 Å². The van der Waals surface area contributed by atoms with Crippen LogP contribution >= 0.6 is 0 Å². The van der Waals surface area contributed by atoms with Crippen molar-refractivity contribution in [3.8, 4) is 6.07 Å². The van der Waals surface area contributed by atoms with Crippen LogP contribution in [0.3, 0.4) is 0 Å². The summed E-state index contributed by atoms with van der Waals surface area (Å²) in [4.78, 5) is 12.0. The van der Waals surface area contributed by atoms with Gasteiger partial charge in [-0.15, -0.1) is 0 Å². The van der Waals surface area contributed by atoms with Crippen LogP contribution in [-0.2, 0) is 14.8 Å². The van der Waals surface area contributed by atoms with Crippen molar-refractivity contribution in [2.45, 2.75) is 50.2 Å². The van der Waals surface area contributed by atoms with Crippen molar-refractivity contribution in [1.82, 2.24) is 9.62 Å². The van der Waals surface area contributed by atoms with Crippen LogP contribution in [0.25, 0.3) is 0 Å². The summed E-state index contributed by atoms with van der Waals surface area (Å²) < 4.78 is 32.1. The first kappa shape index (κ1) is 19.2. The lowest BCUT2D eigenvalue weighted by Gasteiger charge is -2.32. The molecule has 1 aromatic carbocycles. The van der Waals surface area contributed by atoms with Crippen LogP contribution < -0.4 is 5.32 Å². The van der Waals surface area contributed by atoms with Crippen LogP contribution in [-0.4, -0.2) is 43.5 Å². The minimum absolute atomic E-state index is 0.0875. The molecule has 0 radical (unpaired) electrons. The molecule has 1 aromatic rings. The Labute approximate surface area is 148 Å². The quantitative estimate of drug-likeness (QED) is 0.885. The largest absolute Gasteiger partial charge is 0.444 e. The second kappa shape index (κ2) is 7.42. The molecule has 0 aliphatic carbocycles. The van der Waals surface area contributed by atoms with Crippen LogP contribution in [0.15, 0.2) is 29.2 Å². The minimum Gasteiger partial charge on any atom is -0.444 e. The number of hydrogen-bond donors (Lipinski definition) is 1. The first-order valence-electron chi connectivity index (χ1n) is 8.12. The van der Waals surface area contributed by atoms with Crippen molar-refractivity contribution >= 4 is 16.1 Å². The van der Waals surface area contributed by atoms with Gasteiger partial charge in [-0.25, -0.2) is 13.2 Å². The van der Waals surface area contributed by atoms with Crippen LogP contribution in [0, 0.1) is 11.3 Å². The fraction of sp³-hybridized carbons (Fsp3) is 0.529. The fourth-order valence-electron chi connectivity index (χ4n) is 2.63. The third-order valence-electron chi connectivity index (χ3n) is 3.71. The molecule has 1 amide bonds. The number of hydrogen-bond acceptors (Lipinski definition) is 5. The number of ether oxygens (including phenoxy) is 1. The van der Waals surface area contributed by atoms with Gasteiger partial charge in [0.15, 0.2) is 0 Å². The summed E-state index contributed by atoms with van der Waals surface area (Å²) in [7, 11) is -3.71. The summed E-state index contributed by atoms with van der Waals surface area (Å²) in [6.07, 6.45) is 0.768. The summed E-state index contributed by atoms with van der Waals surface area (Å²) in [6, 6.07) is 7.57. The SMILES string of the molecule is CC(C)(C)OC(=O)N[C@@H]1CCCN(S(=O)(=O)c2cccc(C#N)c2)C1. The topological polar surface area (TPSA) is 99.5 Å². The van der Waals surface area contributed by atoms with Crippen LogP contribution in [0.2, 0.25) is 0 Å². The molecule has 1 heterocycles. The molecule has 0 saturated carbocycles. The standard InChI is InChI=1S/C17H23N3O4S/c1-17(2,3)24-16(21)19-14-7-5-9-20(12-14)25(22,23)15-8-4-6-13(10-15)11-18/h4,6,8,10,14H,5,7,9,12H2,1-3H3,(H,19,21)/t14-/m1/s1. The van der Waals surface area contributed by atoms with E-state index in [4.69, 9.17) is 10.00 Å². The number of rotatable bonds is 3. The molecule has 0 bridgehead atoms. The zero-order valence-electron chi connectivity index (χ0n) is 14.7. The smallest absolute Gasteiger partial charge is 0.407 e. The summed E-state index contributed by atoms with van der Waals surface area (Å²) in [5, 5.41) is 11.7. The molecule has 1 fully saturated rings. The van der Waals surface area contributed by atoms with E-state index in [0.29, 0.717) is 24.9 Å². The van der Waals surface area contributed by atoms with Crippen LogP contribution in [0.5, 0.6) is 0 Å². The lowest BCUT2D eigenvalue weighted by atomic mass is 10.1. The Morgan fingerprint density at radius 2 is 2.12 bits per heavy atom. The van der Waals surface area contributed by atoms with Gasteiger partial charge in [-0.1, -0.05) is 6.07 Å². The fourth-order valence-corrected chi connectivity index (χ4v) is 4.20. The normalized spacial score (nSPS) is 19.0. The van der Waals surface area contributed by atoms with Crippen molar-refractivity contribution in [3.63, 3.8) is 0 Å². The van der Waals surface area contributed by atoms with E-state index in [0.717, 1.165) is 0 Å². The summed E-state index contributed by atoms with van der Waals surface area (Å²) in [6.45, 7) is 5.87. The van der Waals surface area contributed by atoms with Gasteiger partial charge in [0.2, 0.25) is 10.0 Å². The average molecular weight is 365 g/mol. The number of sulfonamides is 1. The van der Waals surface area contributed by atoms with Crippen LogP contribution in [0.1, 0.15) is 39.2 Å². The Balaban J connectivity index is 2.09. The highest BCUT2D eigenvalue weighted by Gasteiger charge is 2.31. The molecule has 0 spiro atoms. The van der Waals surface area contributed by atoms with Gasteiger partial charge in [0.1, 0.15) is 5.60 Å². The third kappa shape index (κ3) is 5.18. The Kier molecular flexibility index (Phi) is 5.70. The summed E-state index contributed by atoms with van der Waals surface area (Å²) in [5.41, 5.74) is -0.316. The molecule has 1 atom stereocenters. The Morgan fingerprint density at radius 3 is 2.76 bits per heavy atom. The number of nitriles is 1. The second-order valence-corrected chi connectivity index (χ2v) is 8.93. The Morgan fingerprint density at radius 1 is 1.40 bits per heavy atom. The van der Waals surface area contributed by atoms with Crippen molar-refractivity contribution < 1.29 is 17.9 Å². The molecule has 1 aliphatic rings. The predicted octanol–water partition coefficient (Wildman–Crippen LogP) is 2.24. The number of piperidine rings is 1. The van der Waals surface area contributed by atoms with Gasteiger partial charge in [0.25, 0.3) is 0 Å². The number of carbonyl (C=O) groups is 1. The maximum absolute atomic E-state index is 12.8. The van der Waals surface area contributed by atoms with E-state index in [9.17, 15) is 13.2 Å². The number of nitrogens with one attached hydrogen (secondary N) is 1. The number of benzene rings is 1. The van der Waals surface area contributed by atoms with Gasteiger partial charge in [-0.05, 0) is 51.8 Å². The molecular weight excluding hydrogens is 342 g/mol. The molecule has 1 saturated heterocycles. The van der Waals surface area contributed by atoms with Gasteiger partial charge >= 0.3 is 6.09 Å². The lowest BCUT2D eigenvalue weighted by molar-refractivity contribution is 0.0487. The molecule has 1 aliphatic heterocycles. The van der Waals surface area contributed by atoms with E-state index in [2.05, 4.69) is 5.32 Å². The third-order valence-corrected chi connectivity index (χ3v) is 5.57. The maximum Gasteiger partial charge on any atom is 0.407 e. The Hall–Kier alpha value is -2.11. The monoisotopic (exact) mass is 365 g/mol. The molecule has 8 heteroatoms. The predicted molar refractivity (Wildman–Crippen MR) is 92.3 cm³/mol. The summed E-state index contributed by atoms with van der Waals surface area (Å²) in [5.74, 6) is 0. The molecular formula is C17H23N3O4S. The molecule has 7 nitrogen and oxygen atoms in total. The minimum atomic E-state index is -3.71. The maximum atomic E-state index is 12.8.